The Morgan fingerprint density at radius 3 is 2.76 bits per heavy atom. The first-order chi connectivity index (χ1) is 8.00. The number of hydrogen-bond donors (Lipinski definition) is 2. The summed E-state index contributed by atoms with van der Waals surface area (Å²) in [6.45, 7) is 4.73. The van der Waals surface area contributed by atoms with Crippen LogP contribution in [0, 0.1) is 0 Å². The lowest BCUT2D eigenvalue weighted by Gasteiger charge is -2.26. The van der Waals surface area contributed by atoms with Gasteiger partial charge in [0.25, 0.3) is 0 Å². The fraction of sp³-hybridized carbons (Fsp3) is 0.667. The molecule has 0 saturated heterocycles. The molecule has 0 aromatic carbocycles. The highest BCUT2D eigenvalue weighted by molar-refractivity contribution is 5.46. The van der Waals surface area contributed by atoms with E-state index in [0.717, 1.165) is 11.6 Å². The average Bonchev–Trinajstić information content (AvgIpc) is 2.97. The first kappa shape index (κ1) is 12.1. The van der Waals surface area contributed by atoms with Crippen LogP contribution in [0.15, 0.2) is 6.07 Å². The van der Waals surface area contributed by atoms with Crippen molar-refractivity contribution in [2.75, 3.05) is 24.8 Å². The number of nitrogens with one attached hydrogen (secondary N) is 1. The molecule has 0 atom stereocenters. The number of nitrogen functional groups attached to an aromatic ring is 1. The molecule has 1 aromatic rings. The van der Waals surface area contributed by atoms with Gasteiger partial charge < -0.3 is 15.8 Å². The number of methoxy groups -OCH3 is 1. The standard InChI is InChI=1S/C12H20N4O/c1-12(2,7-17-3)16-10-6-9(13)14-11(15-10)8-4-5-8/h6,8H,4-5,7H2,1-3H3,(H3,13,14,15,16). The zero-order valence-corrected chi connectivity index (χ0v) is 10.7. The van der Waals surface area contributed by atoms with Crippen LogP contribution in [0.1, 0.15) is 38.4 Å². The molecule has 0 amide bonds. The number of rotatable bonds is 5. The van der Waals surface area contributed by atoms with Crippen LogP contribution in [0.5, 0.6) is 0 Å². The Bertz CT molecular complexity index is 401. The first-order valence-corrected chi connectivity index (χ1v) is 5.92. The van der Waals surface area contributed by atoms with E-state index in [-0.39, 0.29) is 5.54 Å². The third-order valence-corrected chi connectivity index (χ3v) is 2.68. The molecule has 17 heavy (non-hydrogen) atoms. The molecule has 0 unspecified atom stereocenters. The minimum absolute atomic E-state index is 0.170. The number of aromatic nitrogens is 2. The molecule has 94 valence electrons. The van der Waals surface area contributed by atoms with E-state index < -0.39 is 0 Å². The van der Waals surface area contributed by atoms with Crippen LogP contribution >= 0.6 is 0 Å². The van der Waals surface area contributed by atoms with Crippen LogP contribution in [0.2, 0.25) is 0 Å². The van der Waals surface area contributed by atoms with Crippen molar-refractivity contribution >= 4 is 11.6 Å². The second-order valence-electron chi connectivity index (χ2n) is 5.25. The second kappa shape index (κ2) is 4.49. The highest BCUT2D eigenvalue weighted by Crippen LogP contribution is 2.38. The molecule has 1 saturated carbocycles. The lowest BCUT2D eigenvalue weighted by molar-refractivity contribution is 0.158. The van der Waals surface area contributed by atoms with Gasteiger partial charge in [0, 0.05) is 19.1 Å². The monoisotopic (exact) mass is 236 g/mol. The van der Waals surface area contributed by atoms with Crippen molar-refractivity contribution in [2.45, 2.75) is 38.1 Å². The van der Waals surface area contributed by atoms with Crippen molar-refractivity contribution in [3.05, 3.63) is 11.9 Å². The van der Waals surface area contributed by atoms with Gasteiger partial charge in [-0.1, -0.05) is 0 Å². The summed E-state index contributed by atoms with van der Waals surface area (Å²) in [5.41, 5.74) is 5.63. The summed E-state index contributed by atoms with van der Waals surface area (Å²) in [4.78, 5) is 8.77. The van der Waals surface area contributed by atoms with Crippen molar-refractivity contribution in [3.63, 3.8) is 0 Å². The maximum Gasteiger partial charge on any atom is 0.136 e. The molecule has 0 radical (unpaired) electrons. The Kier molecular flexibility index (Phi) is 3.19. The molecule has 5 heteroatoms. The van der Waals surface area contributed by atoms with Crippen LogP contribution in [-0.4, -0.2) is 29.2 Å². The molecular weight excluding hydrogens is 216 g/mol. The Labute approximate surface area is 102 Å². The van der Waals surface area contributed by atoms with E-state index in [4.69, 9.17) is 10.5 Å². The van der Waals surface area contributed by atoms with Gasteiger partial charge in [-0.15, -0.1) is 0 Å². The maximum atomic E-state index is 5.80. The number of anilines is 2. The van der Waals surface area contributed by atoms with Crippen LogP contribution in [0.3, 0.4) is 0 Å². The van der Waals surface area contributed by atoms with Crippen LogP contribution < -0.4 is 11.1 Å². The molecule has 1 fully saturated rings. The van der Waals surface area contributed by atoms with Crippen molar-refractivity contribution < 1.29 is 4.74 Å². The van der Waals surface area contributed by atoms with E-state index in [9.17, 15) is 0 Å². The second-order valence-corrected chi connectivity index (χ2v) is 5.25. The van der Waals surface area contributed by atoms with E-state index in [1.807, 2.05) is 0 Å². The zero-order chi connectivity index (χ0) is 12.5. The average molecular weight is 236 g/mol. The topological polar surface area (TPSA) is 73.1 Å². The maximum absolute atomic E-state index is 5.80. The summed E-state index contributed by atoms with van der Waals surface area (Å²) in [5, 5.41) is 3.33. The number of nitrogens with zero attached hydrogens (tertiary/aromatic N) is 2. The molecule has 1 aliphatic rings. The summed E-state index contributed by atoms with van der Waals surface area (Å²) in [7, 11) is 1.69. The lowest BCUT2D eigenvalue weighted by Crippen LogP contribution is -2.36. The Balaban J connectivity index is 2.14. The highest BCUT2D eigenvalue weighted by Gasteiger charge is 2.28. The molecule has 2 rings (SSSR count). The lowest BCUT2D eigenvalue weighted by atomic mass is 10.1. The molecule has 0 bridgehead atoms. The van der Waals surface area contributed by atoms with Gasteiger partial charge in [0.1, 0.15) is 17.5 Å². The molecular formula is C12H20N4O. The van der Waals surface area contributed by atoms with E-state index in [0.29, 0.717) is 18.3 Å². The van der Waals surface area contributed by atoms with Gasteiger partial charge >= 0.3 is 0 Å². The minimum Gasteiger partial charge on any atom is -0.384 e. The Morgan fingerprint density at radius 1 is 1.47 bits per heavy atom. The number of hydrogen-bond acceptors (Lipinski definition) is 5. The summed E-state index contributed by atoms with van der Waals surface area (Å²) < 4.78 is 5.16. The Hall–Kier alpha value is -1.36. The van der Waals surface area contributed by atoms with Crippen molar-refractivity contribution in [1.29, 1.82) is 0 Å². The van der Waals surface area contributed by atoms with Crippen molar-refractivity contribution in [2.24, 2.45) is 0 Å². The summed E-state index contributed by atoms with van der Waals surface area (Å²) >= 11 is 0. The first-order valence-electron chi connectivity index (χ1n) is 5.92. The Morgan fingerprint density at radius 2 is 2.18 bits per heavy atom. The molecule has 5 nitrogen and oxygen atoms in total. The van der Waals surface area contributed by atoms with E-state index >= 15 is 0 Å². The predicted octanol–water partition coefficient (Wildman–Crippen LogP) is 1.77. The molecule has 0 spiro atoms. The predicted molar refractivity (Wildman–Crippen MR) is 68.0 cm³/mol. The van der Waals surface area contributed by atoms with Gasteiger partial charge in [0.15, 0.2) is 0 Å². The molecule has 3 N–H and O–H groups in total. The molecule has 1 aliphatic carbocycles. The smallest absolute Gasteiger partial charge is 0.136 e. The SMILES string of the molecule is COCC(C)(C)Nc1cc(N)nc(C2CC2)n1. The molecule has 1 aromatic heterocycles. The fourth-order valence-electron chi connectivity index (χ4n) is 1.82. The largest absolute Gasteiger partial charge is 0.384 e. The van der Waals surface area contributed by atoms with Crippen LogP contribution in [-0.2, 0) is 4.74 Å². The number of ether oxygens (including phenoxy) is 1. The summed E-state index contributed by atoms with van der Waals surface area (Å²) in [6, 6.07) is 1.77. The normalized spacial score (nSPS) is 15.9. The highest BCUT2D eigenvalue weighted by atomic mass is 16.5. The van der Waals surface area contributed by atoms with Gasteiger partial charge in [-0.2, -0.15) is 0 Å². The van der Waals surface area contributed by atoms with Crippen LogP contribution in [0.25, 0.3) is 0 Å². The van der Waals surface area contributed by atoms with Gasteiger partial charge in [-0.25, -0.2) is 9.97 Å². The summed E-state index contributed by atoms with van der Waals surface area (Å²) in [5.74, 6) is 2.67. The van der Waals surface area contributed by atoms with Gasteiger partial charge in [0.05, 0.1) is 12.1 Å². The fourth-order valence-corrected chi connectivity index (χ4v) is 1.82. The van der Waals surface area contributed by atoms with E-state index in [1.54, 1.807) is 13.2 Å². The van der Waals surface area contributed by atoms with Crippen molar-refractivity contribution in [3.8, 4) is 0 Å². The minimum atomic E-state index is -0.170. The third-order valence-electron chi connectivity index (χ3n) is 2.68. The van der Waals surface area contributed by atoms with E-state index in [1.165, 1.54) is 12.8 Å². The quantitative estimate of drug-likeness (QED) is 0.815. The van der Waals surface area contributed by atoms with Crippen LogP contribution in [0.4, 0.5) is 11.6 Å². The van der Waals surface area contributed by atoms with Gasteiger partial charge in [-0.05, 0) is 26.7 Å². The molecule has 1 heterocycles. The van der Waals surface area contributed by atoms with Gasteiger partial charge in [-0.3, -0.25) is 0 Å². The molecule has 0 aliphatic heterocycles. The third kappa shape index (κ3) is 3.30. The zero-order valence-electron chi connectivity index (χ0n) is 10.7. The van der Waals surface area contributed by atoms with E-state index in [2.05, 4.69) is 29.1 Å². The van der Waals surface area contributed by atoms with Gasteiger partial charge in [0.2, 0.25) is 0 Å². The number of nitrogens with two attached hydrogens (primary N) is 1. The van der Waals surface area contributed by atoms with Crippen molar-refractivity contribution in [1.82, 2.24) is 9.97 Å². The summed E-state index contributed by atoms with van der Waals surface area (Å²) in [6.07, 6.45) is 2.34.